The van der Waals surface area contributed by atoms with E-state index in [9.17, 15) is 0 Å². The van der Waals surface area contributed by atoms with E-state index in [0.717, 1.165) is 17.2 Å². The zero-order chi connectivity index (χ0) is 18.6. The van der Waals surface area contributed by atoms with Gasteiger partial charge >= 0.3 is 0 Å². The van der Waals surface area contributed by atoms with Gasteiger partial charge in [0, 0.05) is 14.7 Å². The molecule has 26 heavy (non-hydrogen) atoms. The van der Waals surface area contributed by atoms with E-state index in [2.05, 4.69) is 57.6 Å². The fourth-order valence-electron chi connectivity index (χ4n) is 2.74. The SMILES string of the molecule is COc1cccc(S(I)(c2cccc(OC)c2)c2cccc(OC)c2)c1. The van der Waals surface area contributed by atoms with Crippen LogP contribution in [0.25, 0.3) is 0 Å². The molecule has 0 aliphatic carbocycles. The molecule has 0 N–H and O–H groups in total. The van der Waals surface area contributed by atoms with Gasteiger partial charge in [-0.3, -0.25) is 0 Å². The van der Waals surface area contributed by atoms with E-state index in [4.69, 9.17) is 14.2 Å². The molecule has 0 spiro atoms. The smallest absolute Gasteiger partial charge is 0.119 e. The topological polar surface area (TPSA) is 27.7 Å². The van der Waals surface area contributed by atoms with E-state index < -0.39 is 7.20 Å². The summed E-state index contributed by atoms with van der Waals surface area (Å²) in [5.74, 6) is 2.55. The number of rotatable bonds is 6. The molecular weight excluding hydrogens is 459 g/mol. The normalized spacial score (nSPS) is 11.7. The van der Waals surface area contributed by atoms with Crippen LogP contribution in [0.4, 0.5) is 0 Å². The lowest BCUT2D eigenvalue weighted by Gasteiger charge is -2.35. The minimum absolute atomic E-state index is 0.849. The van der Waals surface area contributed by atoms with Crippen LogP contribution in [-0.4, -0.2) is 21.3 Å². The molecule has 3 rings (SSSR count). The Morgan fingerprint density at radius 2 is 0.885 bits per heavy atom. The first-order chi connectivity index (χ1) is 12.6. The summed E-state index contributed by atoms with van der Waals surface area (Å²) in [6, 6.07) is 24.8. The summed E-state index contributed by atoms with van der Waals surface area (Å²) < 4.78 is 16.4. The van der Waals surface area contributed by atoms with Crippen LogP contribution in [0.1, 0.15) is 0 Å². The molecule has 0 bridgehead atoms. The molecular formula is C21H21IO3S. The first kappa shape index (κ1) is 18.9. The first-order valence-electron chi connectivity index (χ1n) is 8.07. The van der Waals surface area contributed by atoms with Gasteiger partial charge < -0.3 is 14.2 Å². The summed E-state index contributed by atoms with van der Waals surface area (Å²) in [7, 11) is 3.54. The number of methoxy groups -OCH3 is 3. The van der Waals surface area contributed by atoms with Crippen LogP contribution in [0.15, 0.2) is 87.5 Å². The van der Waals surface area contributed by atoms with E-state index in [1.54, 1.807) is 21.3 Å². The fourth-order valence-corrected chi connectivity index (χ4v) is 7.65. The Labute approximate surface area is 168 Å². The zero-order valence-electron chi connectivity index (χ0n) is 14.9. The van der Waals surface area contributed by atoms with Gasteiger partial charge in [-0.25, -0.2) is 0 Å². The standard InChI is InChI=1S/C21H21IO3S/c1-23-16-7-4-10-19(13-16)26(22,20-11-5-8-17(14-20)24-2)21-12-6-9-18(15-21)25-3/h4-15H,1-3H3. The van der Waals surface area contributed by atoms with Crippen molar-refractivity contribution in [3.63, 3.8) is 0 Å². The van der Waals surface area contributed by atoms with Gasteiger partial charge in [-0.15, -0.1) is 7.20 Å². The zero-order valence-corrected chi connectivity index (χ0v) is 17.9. The van der Waals surface area contributed by atoms with Crippen LogP contribution in [0.2, 0.25) is 0 Å². The van der Waals surface area contributed by atoms with Gasteiger partial charge in [-0.05, 0) is 75.8 Å². The van der Waals surface area contributed by atoms with Gasteiger partial charge in [0.05, 0.1) is 21.3 Å². The van der Waals surface area contributed by atoms with Gasteiger partial charge in [-0.1, -0.05) is 18.2 Å². The third-order valence-electron chi connectivity index (χ3n) is 4.10. The first-order valence-corrected chi connectivity index (χ1v) is 12.2. The van der Waals surface area contributed by atoms with Crippen molar-refractivity contribution in [2.45, 2.75) is 14.7 Å². The molecule has 5 heteroatoms. The average Bonchev–Trinajstić information content (AvgIpc) is 2.73. The van der Waals surface area contributed by atoms with E-state index in [1.165, 1.54) is 14.7 Å². The maximum absolute atomic E-state index is 5.47. The second kappa shape index (κ2) is 8.22. The van der Waals surface area contributed by atoms with E-state index in [1.807, 2.05) is 36.4 Å². The van der Waals surface area contributed by atoms with Crippen molar-refractivity contribution in [1.82, 2.24) is 0 Å². The molecule has 0 aliphatic heterocycles. The predicted molar refractivity (Wildman–Crippen MR) is 115 cm³/mol. The Kier molecular flexibility index (Phi) is 5.98. The lowest BCUT2D eigenvalue weighted by Crippen LogP contribution is -1.98. The minimum atomic E-state index is -1.54. The molecule has 0 radical (unpaired) electrons. The molecule has 0 aromatic heterocycles. The second-order valence-corrected chi connectivity index (χ2v) is 12.0. The molecule has 3 aromatic rings. The van der Waals surface area contributed by atoms with Crippen LogP contribution in [0.5, 0.6) is 17.2 Å². The summed E-state index contributed by atoms with van der Waals surface area (Å²) >= 11 is 2.59. The monoisotopic (exact) mass is 480 g/mol. The van der Waals surface area contributed by atoms with E-state index in [-0.39, 0.29) is 0 Å². The number of hydrogen-bond acceptors (Lipinski definition) is 3. The van der Waals surface area contributed by atoms with Gasteiger partial charge in [0.25, 0.3) is 0 Å². The van der Waals surface area contributed by atoms with Crippen LogP contribution in [0, 0.1) is 0 Å². The third kappa shape index (κ3) is 3.64. The molecule has 0 heterocycles. The Morgan fingerprint density at radius 1 is 0.577 bits per heavy atom. The van der Waals surface area contributed by atoms with Crippen LogP contribution >= 0.6 is 28.4 Å². The molecule has 0 atom stereocenters. The highest BCUT2D eigenvalue weighted by atomic mass is 127. The summed E-state index contributed by atoms with van der Waals surface area (Å²) in [4.78, 5) is 3.62. The maximum atomic E-state index is 5.47. The molecule has 136 valence electrons. The van der Waals surface area contributed by atoms with Gasteiger partial charge in [-0.2, -0.15) is 0 Å². The van der Waals surface area contributed by atoms with Crippen LogP contribution in [-0.2, 0) is 0 Å². The molecule has 0 amide bonds. The quantitative estimate of drug-likeness (QED) is 0.385. The number of hydrogen-bond donors (Lipinski definition) is 0. The van der Waals surface area contributed by atoms with E-state index in [0.29, 0.717) is 0 Å². The predicted octanol–water partition coefficient (Wildman–Crippen LogP) is 6.34. The molecule has 0 aliphatic rings. The molecule has 0 saturated carbocycles. The van der Waals surface area contributed by atoms with Crippen molar-refractivity contribution in [2.75, 3.05) is 21.3 Å². The number of ether oxygens (including phenoxy) is 3. The van der Waals surface area contributed by atoms with E-state index >= 15 is 0 Å². The lowest BCUT2D eigenvalue weighted by molar-refractivity contribution is 0.413. The van der Waals surface area contributed by atoms with Gasteiger partial charge in [0.2, 0.25) is 0 Å². The summed E-state index contributed by atoms with van der Waals surface area (Å²) in [6.07, 6.45) is 0. The van der Waals surface area contributed by atoms with Crippen molar-refractivity contribution in [3.05, 3.63) is 72.8 Å². The van der Waals surface area contributed by atoms with Gasteiger partial charge in [0.15, 0.2) is 0 Å². The molecule has 0 saturated heterocycles. The molecule has 3 aromatic carbocycles. The molecule has 0 unspecified atom stereocenters. The summed E-state index contributed by atoms with van der Waals surface area (Å²) in [5.41, 5.74) is 0. The number of halogens is 1. The molecule has 0 fully saturated rings. The highest BCUT2D eigenvalue weighted by Crippen LogP contribution is 2.75. The van der Waals surface area contributed by atoms with Crippen molar-refractivity contribution < 1.29 is 14.2 Å². The highest BCUT2D eigenvalue weighted by molar-refractivity contribution is 14.2. The Hall–Kier alpha value is -1.86. The Morgan fingerprint density at radius 3 is 1.15 bits per heavy atom. The largest absolute Gasteiger partial charge is 0.497 e. The van der Waals surface area contributed by atoms with Crippen molar-refractivity contribution in [2.24, 2.45) is 0 Å². The maximum Gasteiger partial charge on any atom is 0.119 e. The van der Waals surface area contributed by atoms with Crippen molar-refractivity contribution in [3.8, 4) is 17.2 Å². The van der Waals surface area contributed by atoms with Gasteiger partial charge in [0.1, 0.15) is 17.2 Å². The van der Waals surface area contributed by atoms with Crippen LogP contribution in [0.3, 0.4) is 0 Å². The minimum Gasteiger partial charge on any atom is -0.497 e. The van der Waals surface area contributed by atoms with Crippen molar-refractivity contribution >= 4 is 28.4 Å². The molecule has 3 nitrogen and oxygen atoms in total. The second-order valence-electron chi connectivity index (χ2n) is 5.57. The third-order valence-corrected chi connectivity index (χ3v) is 11.4. The summed E-state index contributed by atoms with van der Waals surface area (Å²) in [6.45, 7) is 0. The number of benzene rings is 3. The lowest BCUT2D eigenvalue weighted by atomic mass is 10.3. The fraction of sp³-hybridized carbons (Fsp3) is 0.143. The van der Waals surface area contributed by atoms with Crippen LogP contribution < -0.4 is 14.2 Å². The van der Waals surface area contributed by atoms with Crippen molar-refractivity contribution in [1.29, 1.82) is 0 Å². The average molecular weight is 480 g/mol. The Bertz CT molecular complexity index is 782. The Balaban J connectivity index is 2.26. The summed E-state index contributed by atoms with van der Waals surface area (Å²) in [5, 5.41) is 0. The highest BCUT2D eigenvalue weighted by Gasteiger charge is 2.29.